The number of hydrogen-bond acceptors (Lipinski definition) is 18. The minimum Gasteiger partial charge on any atom is -0.387 e. The number of anilines is 2. The van der Waals surface area contributed by atoms with E-state index < -0.39 is 76.0 Å². The second kappa shape index (κ2) is 11.6. The van der Waals surface area contributed by atoms with Crippen LogP contribution in [-0.4, -0.2) is 100 Å². The average molecular weight is 707 g/mol. The van der Waals surface area contributed by atoms with Gasteiger partial charge in [0, 0.05) is 0 Å². The number of nitrogen functional groups attached to an aromatic ring is 2. The summed E-state index contributed by atoms with van der Waals surface area (Å²) >= 11 is 4.76. The van der Waals surface area contributed by atoms with Crippen molar-refractivity contribution in [2.24, 2.45) is 0 Å². The summed E-state index contributed by atoms with van der Waals surface area (Å²) in [6, 6.07) is 0. The van der Waals surface area contributed by atoms with E-state index in [-0.39, 0.29) is 34.0 Å². The van der Waals surface area contributed by atoms with Gasteiger partial charge in [0.15, 0.2) is 41.6 Å². The number of nitrogens with zero attached hydrogens (tertiary/aromatic N) is 8. The zero-order valence-corrected chi connectivity index (χ0v) is 26.4. The van der Waals surface area contributed by atoms with Crippen molar-refractivity contribution in [2.45, 2.75) is 49.1 Å². The predicted molar refractivity (Wildman–Crippen MR) is 158 cm³/mol. The Hall–Kier alpha value is -2.49. The fourth-order valence-electron chi connectivity index (χ4n) is 5.28. The maximum Gasteiger partial charge on any atom is 0.389 e. The van der Waals surface area contributed by atoms with E-state index in [1.165, 1.54) is 40.7 Å². The molecule has 0 radical (unpaired) electrons. The Morgan fingerprint density at radius 2 is 1.47 bits per heavy atom. The molecular weight excluding hydrogens is 681 g/mol. The van der Waals surface area contributed by atoms with E-state index in [1.54, 1.807) is 0 Å². The summed E-state index contributed by atoms with van der Waals surface area (Å²) in [5.41, 5.74) is 12.7. The zero-order valence-electron chi connectivity index (χ0n) is 22.9. The van der Waals surface area contributed by atoms with Gasteiger partial charge >= 0.3 is 13.6 Å². The minimum absolute atomic E-state index is 0.0672. The number of ether oxygens (including phenoxy) is 2. The average Bonchev–Trinajstić information content (AvgIpc) is 3.77. The first-order valence-corrected chi connectivity index (χ1v) is 19.2. The van der Waals surface area contributed by atoms with Crippen molar-refractivity contribution in [3.8, 4) is 0 Å². The Morgan fingerprint density at radius 1 is 0.889 bits per heavy atom. The molecule has 0 amide bonds. The molecule has 7 heterocycles. The summed E-state index contributed by atoms with van der Waals surface area (Å²) in [7, 11) is 0. The van der Waals surface area contributed by atoms with Gasteiger partial charge in [-0.25, -0.2) is 43.4 Å². The van der Waals surface area contributed by atoms with Gasteiger partial charge in [0.05, 0.1) is 25.9 Å². The van der Waals surface area contributed by atoms with E-state index in [1.807, 2.05) is 0 Å². The monoisotopic (exact) mass is 706 g/mol. The van der Waals surface area contributed by atoms with Crippen molar-refractivity contribution in [1.29, 1.82) is 0 Å². The van der Waals surface area contributed by atoms with Crippen LogP contribution in [0.3, 0.4) is 0 Å². The highest BCUT2D eigenvalue weighted by atomic mass is 32.7. The number of thiol groups is 1. The maximum absolute atomic E-state index is 16.1. The van der Waals surface area contributed by atoms with Crippen molar-refractivity contribution in [2.75, 3.05) is 30.9 Å². The molecular formula is C21H25FN10O9P2S2. The number of hydrogen-bond donors (Lipinski definition) is 4. The van der Waals surface area contributed by atoms with Gasteiger partial charge in [-0.3, -0.25) is 27.2 Å². The van der Waals surface area contributed by atoms with Crippen LogP contribution >= 0.6 is 37.2 Å². The van der Waals surface area contributed by atoms with Gasteiger partial charge in [0.1, 0.15) is 54.2 Å². The highest BCUT2D eigenvalue weighted by Crippen LogP contribution is 2.63. The Labute approximate surface area is 261 Å². The topological polar surface area (TPSA) is 249 Å². The van der Waals surface area contributed by atoms with Gasteiger partial charge in [-0.1, -0.05) is 12.2 Å². The number of aromatic nitrogens is 8. The fourth-order valence-corrected chi connectivity index (χ4v) is 8.92. The SMILES string of the molecule is CS[P@]1(=O)OC[C@H]2O[C@@H](n3cnc4c(N)ncnc43)[C@H](F)[C@@H]2O[P@](=O)(S)OC[C@H]2O[C@@H](n3cnc4c(N)ncnc43)[C@H](O1)[C@@H]2O. The smallest absolute Gasteiger partial charge is 0.387 e. The molecule has 10 atom stereocenters. The molecule has 4 aromatic heterocycles. The number of imidazole rings is 2. The number of fused-ring (bicyclic) bond motifs is 5. The molecule has 0 saturated carbocycles. The molecule has 19 nitrogen and oxygen atoms in total. The largest absolute Gasteiger partial charge is 0.389 e. The van der Waals surface area contributed by atoms with Gasteiger partial charge in [-0.05, 0) is 17.6 Å². The van der Waals surface area contributed by atoms with Crippen LogP contribution in [0.2, 0.25) is 0 Å². The molecule has 3 aliphatic heterocycles. The summed E-state index contributed by atoms with van der Waals surface area (Å²) in [5.74, 6) is 0.163. The van der Waals surface area contributed by atoms with Gasteiger partial charge in [0.2, 0.25) is 0 Å². The quantitative estimate of drug-likeness (QED) is 0.175. The lowest BCUT2D eigenvalue weighted by Crippen LogP contribution is -2.35. The van der Waals surface area contributed by atoms with E-state index in [9.17, 15) is 14.2 Å². The molecule has 0 aromatic carbocycles. The van der Waals surface area contributed by atoms with E-state index in [0.717, 1.165) is 11.4 Å². The molecule has 5 N–H and O–H groups in total. The molecule has 45 heavy (non-hydrogen) atoms. The number of aliphatic hydroxyl groups is 1. The Kier molecular flexibility index (Phi) is 8.05. The third kappa shape index (κ3) is 5.50. The Morgan fingerprint density at radius 3 is 2.09 bits per heavy atom. The normalized spacial score (nSPS) is 37.7. The molecule has 0 aliphatic carbocycles. The van der Waals surface area contributed by atoms with Crippen molar-refractivity contribution in [1.82, 2.24) is 39.0 Å². The standard InChI is InChI=1S/C21H25FN10O9P2S2/c1-45-43(35)37-3-9-14(10(22)20(39-9)31-6-29-11-16(23)25-4-27-18(11)31)40-42(34,44)36-2-8-13(33)15(41-43)21(38-8)32-7-30-12-17(24)26-5-28-19(12)32/h4-10,13-15,20-21,33H,2-3H2,1H3,(H,34,44)(H2,23,25,27)(H2,24,26,28)/t8-,9-,10-,13-,14-,15-,20-,21-,42-,43-/m1/s1. The molecule has 0 spiro atoms. The van der Waals surface area contributed by atoms with Crippen LogP contribution < -0.4 is 11.5 Å². The van der Waals surface area contributed by atoms with Crippen LogP contribution in [0.25, 0.3) is 22.3 Å². The van der Waals surface area contributed by atoms with Crippen molar-refractivity contribution >= 4 is 71.2 Å². The lowest BCUT2D eigenvalue weighted by molar-refractivity contribution is -0.0568. The second-order valence-corrected chi connectivity index (χ2v) is 17.1. The third-order valence-corrected chi connectivity index (χ3v) is 12.4. The van der Waals surface area contributed by atoms with Crippen molar-refractivity contribution in [3.05, 3.63) is 25.3 Å². The summed E-state index contributed by atoms with van der Waals surface area (Å²) in [6.07, 6.45) is -5.10. The third-order valence-electron chi connectivity index (χ3n) is 7.43. The second-order valence-electron chi connectivity index (χ2n) is 10.1. The molecule has 3 aliphatic rings. The molecule has 0 unspecified atom stereocenters. The van der Waals surface area contributed by atoms with Crippen LogP contribution in [0.5, 0.6) is 0 Å². The number of rotatable bonds is 3. The summed E-state index contributed by atoms with van der Waals surface area (Å²) in [5, 5.41) is 11.2. The molecule has 4 aromatic rings. The fraction of sp³-hybridized carbons (Fsp3) is 0.524. The van der Waals surface area contributed by atoms with Gasteiger partial charge in [0.25, 0.3) is 0 Å². The highest BCUT2D eigenvalue weighted by molar-refractivity contribution is 8.54. The van der Waals surface area contributed by atoms with E-state index in [0.29, 0.717) is 0 Å². The first-order valence-electron chi connectivity index (χ1n) is 13.1. The number of nitrogens with two attached hydrogens (primary N) is 2. The summed E-state index contributed by atoms with van der Waals surface area (Å²) in [6.45, 7) is -9.60. The van der Waals surface area contributed by atoms with E-state index >= 15 is 4.39 Å². The van der Waals surface area contributed by atoms with E-state index in [4.69, 9.17) is 39.0 Å². The first kappa shape index (κ1) is 31.1. The van der Waals surface area contributed by atoms with Gasteiger partial charge in [-0.2, -0.15) is 0 Å². The zero-order chi connectivity index (χ0) is 31.7. The summed E-state index contributed by atoms with van der Waals surface area (Å²) in [4.78, 5) is 24.4. The lowest BCUT2D eigenvalue weighted by Gasteiger charge is -2.27. The van der Waals surface area contributed by atoms with Gasteiger partial charge in [-0.15, -0.1) is 0 Å². The molecule has 3 saturated heterocycles. The van der Waals surface area contributed by atoms with Crippen LogP contribution in [-0.2, 0) is 36.7 Å². The van der Waals surface area contributed by atoms with Crippen LogP contribution in [0.15, 0.2) is 25.3 Å². The van der Waals surface area contributed by atoms with Crippen LogP contribution in [0.1, 0.15) is 12.5 Å². The van der Waals surface area contributed by atoms with Gasteiger partial charge < -0.3 is 26.0 Å². The van der Waals surface area contributed by atoms with Crippen molar-refractivity contribution in [3.63, 3.8) is 0 Å². The predicted octanol–water partition coefficient (Wildman–Crippen LogP) is 1.65. The first-order chi connectivity index (χ1) is 21.5. The lowest BCUT2D eigenvalue weighted by atomic mass is 10.1. The molecule has 242 valence electrons. The van der Waals surface area contributed by atoms with E-state index in [2.05, 4.69) is 42.2 Å². The Bertz CT molecular complexity index is 1860. The van der Waals surface area contributed by atoms with Crippen molar-refractivity contribution < 1.29 is 46.2 Å². The molecule has 24 heteroatoms. The number of aliphatic hydroxyl groups excluding tert-OH is 1. The molecule has 2 bridgehead atoms. The molecule has 7 rings (SSSR count). The summed E-state index contributed by atoms with van der Waals surface area (Å²) < 4.78 is 80.8. The van der Waals surface area contributed by atoms with Crippen LogP contribution in [0.4, 0.5) is 16.0 Å². The number of halogens is 1. The van der Waals surface area contributed by atoms with Crippen LogP contribution in [0, 0.1) is 0 Å². The maximum atomic E-state index is 16.1. The highest BCUT2D eigenvalue weighted by Gasteiger charge is 2.54. The minimum atomic E-state index is -4.36. The number of alkyl halides is 1. The Balaban J connectivity index is 1.22. The molecule has 3 fully saturated rings.